The molecule has 1 amide bonds. The van der Waals surface area contributed by atoms with Crippen LogP contribution in [0, 0.1) is 11.8 Å². The van der Waals surface area contributed by atoms with Crippen LogP contribution >= 0.6 is 0 Å². The molecule has 2 fully saturated rings. The molecule has 0 bridgehead atoms. The van der Waals surface area contributed by atoms with Crippen LogP contribution in [-0.4, -0.2) is 33.9 Å². The van der Waals surface area contributed by atoms with E-state index in [4.69, 9.17) is 0 Å². The van der Waals surface area contributed by atoms with Gasteiger partial charge in [-0.2, -0.15) is 5.10 Å². The lowest BCUT2D eigenvalue weighted by Gasteiger charge is -2.38. The molecule has 7 heteroatoms. The van der Waals surface area contributed by atoms with Gasteiger partial charge in [0.2, 0.25) is 5.91 Å². The molecule has 4 rings (SSSR count). The number of hydrazine groups is 1. The zero-order valence-electron chi connectivity index (χ0n) is 15.1. The standard InChI is InChI=1S/C19H26N6O/c1-12-10-16(17-13(2)23-24-18(17)22-12)19(26)20-11-14-4-6-15(7-5-14)25-9-3-8-21-25/h3-9,12-13,16-18,22-24H,10-11H2,1-2H3,(H,20,26). The highest BCUT2D eigenvalue weighted by molar-refractivity contribution is 5.79. The molecule has 0 saturated carbocycles. The van der Waals surface area contributed by atoms with Crippen LogP contribution in [0.1, 0.15) is 25.8 Å². The second kappa shape index (κ2) is 7.19. The Morgan fingerprint density at radius 2 is 2.08 bits per heavy atom. The minimum absolute atomic E-state index is 0.0112. The Morgan fingerprint density at radius 1 is 1.27 bits per heavy atom. The number of aromatic nitrogens is 2. The average Bonchev–Trinajstić information content (AvgIpc) is 3.30. The van der Waals surface area contributed by atoms with E-state index < -0.39 is 0 Å². The third-order valence-electron chi connectivity index (χ3n) is 5.47. The fourth-order valence-electron chi connectivity index (χ4n) is 4.14. The van der Waals surface area contributed by atoms with E-state index in [-0.39, 0.29) is 30.0 Å². The van der Waals surface area contributed by atoms with Crippen molar-refractivity contribution < 1.29 is 4.79 Å². The molecule has 7 nitrogen and oxygen atoms in total. The summed E-state index contributed by atoms with van der Waals surface area (Å²) in [4.78, 5) is 12.9. The fourth-order valence-corrected chi connectivity index (χ4v) is 4.14. The van der Waals surface area contributed by atoms with Crippen molar-refractivity contribution >= 4 is 5.91 Å². The quantitative estimate of drug-likeness (QED) is 0.657. The third-order valence-corrected chi connectivity index (χ3v) is 5.47. The summed E-state index contributed by atoms with van der Waals surface area (Å²) >= 11 is 0. The van der Waals surface area contributed by atoms with Crippen LogP contribution in [0.25, 0.3) is 5.69 Å². The van der Waals surface area contributed by atoms with Crippen molar-refractivity contribution in [3.8, 4) is 5.69 Å². The van der Waals surface area contributed by atoms with Crippen molar-refractivity contribution in [2.75, 3.05) is 0 Å². The van der Waals surface area contributed by atoms with E-state index in [1.165, 1.54) is 0 Å². The van der Waals surface area contributed by atoms with Gasteiger partial charge in [-0.25, -0.2) is 10.1 Å². The molecule has 3 heterocycles. The monoisotopic (exact) mass is 354 g/mol. The van der Waals surface area contributed by atoms with Crippen molar-refractivity contribution in [1.29, 1.82) is 0 Å². The van der Waals surface area contributed by atoms with Crippen LogP contribution < -0.4 is 21.5 Å². The van der Waals surface area contributed by atoms with Crippen LogP contribution in [0.2, 0.25) is 0 Å². The largest absolute Gasteiger partial charge is 0.352 e. The topological polar surface area (TPSA) is 83.0 Å². The molecule has 2 aliphatic rings. The Hall–Kier alpha value is -2.22. The van der Waals surface area contributed by atoms with E-state index in [0.29, 0.717) is 12.6 Å². The molecule has 2 saturated heterocycles. The van der Waals surface area contributed by atoms with Crippen LogP contribution in [-0.2, 0) is 11.3 Å². The Kier molecular flexibility index (Phi) is 4.76. The molecule has 0 spiro atoms. The van der Waals surface area contributed by atoms with Crippen molar-refractivity contribution in [2.24, 2.45) is 11.8 Å². The maximum Gasteiger partial charge on any atom is 0.223 e. The molecule has 1 aromatic heterocycles. The zero-order chi connectivity index (χ0) is 18.1. The van der Waals surface area contributed by atoms with Crippen molar-refractivity contribution in [3.63, 3.8) is 0 Å². The van der Waals surface area contributed by atoms with Gasteiger partial charge >= 0.3 is 0 Å². The van der Waals surface area contributed by atoms with Crippen LogP contribution in [0.3, 0.4) is 0 Å². The Labute approximate surface area is 153 Å². The van der Waals surface area contributed by atoms with Crippen LogP contribution in [0.5, 0.6) is 0 Å². The number of amides is 1. The first-order valence-electron chi connectivity index (χ1n) is 9.25. The van der Waals surface area contributed by atoms with E-state index in [2.05, 4.69) is 40.4 Å². The third kappa shape index (κ3) is 3.38. The Balaban J connectivity index is 1.38. The number of carbonyl (C=O) groups is 1. The number of nitrogens with one attached hydrogen (secondary N) is 4. The maximum absolute atomic E-state index is 12.9. The smallest absolute Gasteiger partial charge is 0.223 e. The van der Waals surface area contributed by atoms with E-state index in [1.807, 2.05) is 41.2 Å². The fraction of sp³-hybridized carbons (Fsp3) is 0.474. The van der Waals surface area contributed by atoms with Crippen molar-refractivity contribution in [3.05, 3.63) is 48.3 Å². The molecule has 5 unspecified atom stereocenters. The molecule has 1 aromatic carbocycles. The number of carbonyl (C=O) groups excluding carboxylic acids is 1. The van der Waals surface area contributed by atoms with Gasteiger partial charge in [-0.3, -0.25) is 15.5 Å². The summed E-state index contributed by atoms with van der Waals surface area (Å²) in [6, 6.07) is 10.6. The first kappa shape index (κ1) is 17.2. The van der Waals surface area contributed by atoms with E-state index in [1.54, 1.807) is 6.20 Å². The maximum atomic E-state index is 12.9. The lowest BCUT2D eigenvalue weighted by molar-refractivity contribution is -0.128. The molecule has 0 aliphatic carbocycles. The van der Waals surface area contributed by atoms with Gasteiger partial charge in [0, 0.05) is 42.9 Å². The molecule has 2 aliphatic heterocycles. The van der Waals surface area contributed by atoms with Gasteiger partial charge in [0.05, 0.1) is 11.9 Å². The summed E-state index contributed by atoms with van der Waals surface area (Å²) in [6.45, 7) is 4.81. The number of hydrogen-bond donors (Lipinski definition) is 4. The van der Waals surface area contributed by atoms with Gasteiger partial charge in [0.1, 0.15) is 0 Å². The summed E-state index contributed by atoms with van der Waals surface area (Å²) in [5.41, 5.74) is 8.62. The minimum Gasteiger partial charge on any atom is -0.352 e. The van der Waals surface area contributed by atoms with Gasteiger partial charge in [-0.15, -0.1) is 0 Å². The van der Waals surface area contributed by atoms with Crippen LogP contribution in [0.4, 0.5) is 0 Å². The second-order valence-corrected chi connectivity index (χ2v) is 7.38. The van der Waals surface area contributed by atoms with Crippen molar-refractivity contribution in [2.45, 2.75) is 45.1 Å². The van der Waals surface area contributed by atoms with Crippen molar-refractivity contribution in [1.82, 2.24) is 31.3 Å². The summed E-state index contributed by atoms with van der Waals surface area (Å²) in [5.74, 6) is 0.410. The molecule has 0 radical (unpaired) electrons. The highest BCUT2D eigenvalue weighted by Gasteiger charge is 2.45. The number of rotatable bonds is 4. The Morgan fingerprint density at radius 3 is 2.81 bits per heavy atom. The number of benzene rings is 1. The van der Waals surface area contributed by atoms with Gasteiger partial charge < -0.3 is 5.32 Å². The number of hydrogen-bond acceptors (Lipinski definition) is 5. The Bertz CT molecular complexity index is 744. The summed E-state index contributed by atoms with van der Waals surface area (Å²) in [6.07, 6.45) is 4.68. The minimum atomic E-state index is 0.0112. The van der Waals surface area contributed by atoms with Gasteiger partial charge in [-0.1, -0.05) is 12.1 Å². The van der Waals surface area contributed by atoms with E-state index >= 15 is 0 Å². The first-order valence-corrected chi connectivity index (χ1v) is 9.25. The average molecular weight is 354 g/mol. The highest BCUT2D eigenvalue weighted by atomic mass is 16.1. The van der Waals surface area contributed by atoms with Gasteiger partial charge in [0.25, 0.3) is 0 Å². The summed E-state index contributed by atoms with van der Waals surface area (Å²) < 4.78 is 1.82. The van der Waals surface area contributed by atoms with E-state index in [9.17, 15) is 4.79 Å². The van der Waals surface area contributed by atoms with Gasteiger partial charge in [0.15, 0.2) is 0 Å². The molecule has 5 atom stereocenters. The van der Waals surface area contributed by atoms with Crippen LogP contribution in [0.15, 0.2) is 42.7 Å². The molecule has 4 N–H and O–H groups in total. The predicted octanol–water partition coefficient (Wildman–Crippen LogP) is 0.925. The predicted molar refractivity (Wildman–Crippen MR) is 99.1 cm³/mol. The molecule has 26 heavy (non-hydrogen) atoms. The molecular weight excluding hydrogens is 328 g/mol. The normalized spacial score (nSPS) is 30.8. The number of nitrogens with zero attached hydrogens (tertiary/aromatic N) is 2. The van der Waals surface area contributed by atoms with E-state index in [0.717, 1.165) is 17.7 Å². The molecular formula is C19H26N6O. The first-order chi connectivity index (χ1) is 12.6. The summed E-state index contributed by atoms with van der Waals surface area (Å²) in [5, 5.41) is 10.9. The lowest BCUT2D eigenvalue weighted by atomic mass is 9.78. The molecule has 2 aromatic rings. The van der Waals surface area contributed by atoms with Gasteiger partial charge in [-0.05, 0) is 44.0 Å². The number of fused-ring (bicyclic) bond motifs is 1. The zero-order valence-corrected chi connectivity index (χ0v) is 15.1. The SMILES string of the molecule is CC1CC(C(=O)NCc2ccc(-n3cccn3)cc2)C2C(C)NNC2N1. The molecule has 138 valence electrons. The number of piperidine rings is 1. The lowest BCUT2D eigenvalue weighted by Crippen LogP contribution is -2.57. The second-order valence-electron chi connectivity index (χ2n) is 7.38. The highest BCUT2D eigenvalue weighted by Crippen LogP contribution is 2.31. The summed E-state index contributed by atoms with van der Waals surface area (Å²) in [7, 11) is 0.